The molecule has 2 aromatic carbocycles. The Morgan fingerprint density at radius 3 is 1.96 bits per heavy atom. The fraction of sp³-hybridized carbons (Fsp3) is 0.188. The second-order valence-corrected chi connectivity index (χ2v) is 5.54. The minimum absolute atomic E-state index is 0.0340. The van der Waals surface area contributed by atoms with Crippen LogP contribution in [0.1, 0.15) is 27.0 Å². The fourth-order valence-electron chi connectivity index (χ4n) is 2.02. The van der Waals surface area contributed by atoms with Crippen LogP contribution in [0, 0.1) is 0 Å². The topological polar surface area (TPSA) is 29.1 Å². The molecule has 0 atom stereocenters. The molecule has 0 radical (unpaired) electrons. The van der Waals surface area contributed by atoms with Crippen molar-refractivity contribution in [2.45, 2.75) is 18.9 Å². The Kier molecular flexibility index (Phi) is 5.31. The van der Waals surface area contributed by atoms with Crippen molar-refractivity contribution in [1.29, 1.82) is 0 Å². The van der Waals surface area contributed by atoms with Crippen molar-refractivity contribution in [3.05, 3.63) is 69.7 Å². The number of halogens is 7. The van der Waals surface area contributed by atoms with Gasteiger partial charge in [0, 0.05) is 17.1 Å². The minimum Gasteiger partial charge on any atom is -0.348 e. The van der Waals surface area contributed by atoms with Gasteiger partial charge < -0.3 is 5.32 Å². The first-order valence-corrected chi connectivity index (χ1v) is 7.17. The van der Waals surface area contributed by atoms with E-state index < -0.39 is 35.0 Å². The first-order chi connectivity index (χ1) is 11.5. The molecule has 0 bridgehead atoms. The number of carbonyl (C=O) groups is 1. The third kappa shape index (κ3) is 5.12. The predicted octanol–water partition coefficient (Wildman–Crippen LogP) is 5.31. The third-order valence-electron chi connectivity index (χ3n) is 3.19. The Balaban J connectivity index is 2.29. The average molecular weight is 382 g/mol. The molecule has 2 rings (SSSR count). The van der Waals surface area contributed by atoms with Crippen LogP contribution in [0.2, 0.25) is 5.02 Å². The van der Waals surface area contributed by atoms with Crippen molar-refractivity contribution in [2.24, 2.45) is 0 Å². The van der Waals surface area contributed by atoms with E-state index in [9.17, 15) is 31.1 Å². The zero-order valence-corrected chi connectivity index (χ0v) is 13.1. The molecular weight excluding hydrogens is 372 g/mol. The molecule has 0 aliphatic heterocycles. The Bertz CT molecular complexity index is 753. The smallest absolute Gasteiger partial charge is 0.348 e. The van der Waals surface area contributed by atoms with Crippen LogP contribution in [-0.4, -0.2) is 5.91 Å². The Morgan fingerprint density at radius 1 is 0.920 bits per heavy atom. The van der Waals surface area contributed by atoms with Gasteiger partial charge in [-0.2, -0.15) is 26.3 Å². The number of rotatable bonds is 3. The largest absolute Gasteiger partial charge is 0.416 e. The molecule has 0 unspecified atom stereocenters. The van der Waals surface area contributed by atoms with E-state index in [1.807, 2.05) is 0 Å². The van der Waals surface area contributed by atoms with Gasteiger partial charge in [0.1, 0.15) is 0 Å². The van der Waals surface area contributed by atoms with Gasteiger partial charge in [0.05, 0.1) is 11.1 Å². The van der Waals surface area contributed by atoms with Gasteiger partial charge >= 0.3 is 12.4 Å². The van der Waals surface area contributed by atoms with Gasteiger partial charge in [0.15, 0.2) is 0 Å². The number of nitrogens with one attached hydrogen (secondary N) is 1. The van der Waals surface area contributed by atoms with Crippen LogP contribution in [0.4, 0.5) is 26.3 Å². The van der Waals surface area contributed by atoms with Gasteiger partial charge in [0.25, 0.3) is 5.91 Å². The van der Waals surface area contributed by atoms with Crippen LogP contribution in [0.3, 0.4) is 0 Å². The monoisotopic (exact) mass is 381 g/mol. The van der Waals surface area contributed by atoms with Gasteiger partial charge in [-0.05, 0) is 35.9 Å². The highest BCUT2D eigenvalue weighted by atomic mass is 35.5. The van der Waals surface area contributed by atoms with Gasteiger partial charge in [-0.25, -0.2) is 0 Å². The lowest BCUT2D eigenvalue weighted by Gasteiger charge is -2.14. The molecule has 0 saturated heterocycles. The third-order valence-corrected chi connectivity index (χ3v) is 3.43. The van der Waals surface area contributed by atoms with Gasteiger partial charge in [0.2, 0.25) is 0 Å². The fourth-order valence-corrected chi connectivity index (χ4v) is 2.23. The maximum atomic E-state index is 12.8. The highest BCUT2D eigenvalue weighted by Crippen LogP contribution is 2.36. The van der Waals surface area contributed by atoms with Gasteiger partial charge in [-0.3, -0.25) is 4.79 Å². The van der Waals surface area contributed by atoms with E-state index in [1.165, 1.54) is 6.07 Å². The Labute approximate surface area is 143 Å². The lowest BCUT2D eigenvalue weighted by atomic mass is 10.0. The molecule has 1 amide bonds. The lowest BCUT2D eigenvalue weighted by molar-refractivity contribution is -0.143. The molecule has 25 heavy (non-hydrogen) atoms. The van der Waals surface area contributed by atoms with E-state index in [4.69, 9.17) is 11.6 Å². The second-order valence-electron chi connectivity index (χ2n) is 5.11. The van der Waals surface area contributed by atoms with Crippen molar-refractivity contribution < 1.29 is 31.1 Å². The summed E-state index contributed by atoms with van der Waals surface area (Å²) in [6.45, 7) is -0.100. The summed E-state index contributed by atoms with van der Waals surface area (Å²) >= 11 is 5.76. The van der Waals surface area contributed by atoms with Crippen LogP contribution in [0.15, 0.2) is 42.5 Å². The zero-order valence-electron chi connectivity index (χ0n) is 12.3. The SMILES string of the molecule is O=C(NCc1cccc(Cl)c1)c1cc(C(F)(F)F)cc(C(F)(F)F)c1. The molecule has 134 valence electrons. The van der Waals surface area contributed by atoms with Crippen LogP contribution in [0.5, 0.6) is 0 Å². The molecule has 2 aromatic rings. The summed E-state index contributed by atoms with van der Waals surface area (Å²) in [5.41, 5.74) is -3.28. The van der Waals surface area contributed by atoms with Crippen LogP contribution >= 0.6 is 11.6 Å². The molecule has 0 aromatic heterocycles. The van der Waals surface area contributed by atoms with Crippen LogP contribution in [-0.2, 0) is 18.9 Å². The van der Waals surface area contributed by atoms with E-state index in [0.717, 1.165) is 0 Å². The van der Waals surface area contributed by atoms with E-state index >= 15 is 0 Å². The molecule has 0 aliphatic rings. The highest BCUT2D eigenvalue weighted by Gasteiger charge is 2.37. The molecule has 1 N–H and O–H groups in total. The summed E-state index contributed by atoms with van der Waals surface area (Å²) in [5, 5.41) is 2.65. The van der Waals surface area contributed by atoms with E-state index in [1.54, 1.807) is 18.2 Å². The Hall–Kier alpha value is -2.22. The Morgan fingerprint density at radius 2 is 1.48 bits per heavy atom. The van der Waals surface area contributed by atoms with E-state index in [-0.39, 0.29) is 12.6 Å². The quantitative estimate of drug-likeness (QED) is 0.717. The summed E-state index contributed by atoms with van der Waals surface area (Å²) in [6, 6.07) is 7.00. The molecule has 0 spiro atoms. The van der Waals surface area contributed by atoms with Gasteiger partial charge in [-0.1, -0.05) is 23.7 Å². The predicted molar refractivity (Wildman–Crippen MR) is 79.1 cm³/mol. The maximum absolute atomic E-state index is 12.8. The van der Waals surface area contributed by atoms with Crippen molar-refractivity contribution in [2.75, 3.05) is 0 Å². The summed E-state index contributed by atoms with van der Waals surface area (Å²) in [4.78, 5) is 12.0. The minimum atomic E-state index is -5.01. The van der Waals surface area contributed by atoms with Crippen molar-refractivity contribution in [3.63, 3.8) is 0 Å². The van der Waals surface area contributed by atoms with Crippen molar-refractivity contribution in [1.82, 2.24) is 5.32 Å². The second kappa shape index (κ2) is 6.95. The number of benzene rings is 2. The van der Waals surface area contributed by atoms with Crippen LogP contribution < -0.4 is 5.32 Å². The first-order valence-electron chi connectivity index (χ1n) is 6.79. The van der Waals surface area contributed by atoms with Crippen molar-refractivity contribution in [3.8, 4) is 0 Å². The summed E-state index contributed by atoms with van der Waals surface area (Å²) in [6.07, 6.45) is -10.0. The summed E-state index contributed by atoms with van der Waals surface area (Å²) < 4.78 is 76.7. The van der Waals surface area contributed by atoms with E-state index in [2.05, 4.69) is 5.32 Å². The number of amides is 1. The highest BCUT2D eigenvalue weighted by molar-refractivity contribution is 6.30. The molecule has 0 saturated carbocycles. The number of hydrogen-bond donors (Lipinski definition) is 1. The molecule has 0 aliphatic carbocycles. The van der Waals surface area contributed by atoms with Crippen LogP contribution in [0.25, 0.3) is 0 Å². The average Bonchev–Trinajstić information content (AvgIpc) is 2.50. The van der Waals surface area contributed by atoms with Gasteiger partial charge in [-0.15, -0.1) is 0 Å². The lowest BCUT2D eigenvalue weighted by Crippen LogP contribution is -2.24. The molecule has 0 heterocycles. The summed E-state index contributed by atoms with van der Waals surface area (Å²) in [5.74, 6) is -1.06. The molecule has 9 heteroatoms. The normalized spacial score (nSPS) is 12.1. The first kappa shape index (κ1) is 19.1. The van der Waals surface area contributed by atoms with Crippen molar-refractivity contribution >= 4 is 17.5 Å². The number of carbonyl (C=O) groups excluding carboxylic acids is 1. The standard InChI is InChI=1S/C16H10ClF6NO/c17-13-3-1-2-9(4-13)8-24-14(25)10-5-11(15(18,19)20)7-12(6-10)16(21,22)23/h1-7H,8H2,(H,24,25). The summed E-state index contributed by atoms with van der Waals surface area (Å²) in [7, 11) is 0. The number of hydrogen-bond acceptors (Lipinski definition) is 1. The molecular formula is C16H10ClF6NO. The maximum Gasteiger partial charge on any atom is 0.416 e. The van der Waals surface area contributed by atoms with E-state index in [0.29, 0.717) is 22.7 Å². The molecule has 2 nitrogen and oxygen atoms in total. The number of alkyl halides is 6. The molecule has 0 fully saturated rings. The zero-order chi connectivity index (χ0) is 18.8.